The van der Waals surface area contributed by atoms with E-state index in [2.05, 4.69) is 11.0 Å². The van der Waals surface area contributed by atoms with Crippen molar-refractivity contribution in [2.24, 2.45) is 5.92 Å². The molecule has 4 rings (SSSR count). The first-order chi connectivity index (χ1) is 11.3. The third-order valence-electron chi connectivity index (χ3n) is 5.03. The second-order valence-corrected chi connectivity index (χ2v) is 6.43. The lowest BCUT2D eigenvalue weighted by atomic mass is 10.0. The van der Waals surface area contributed by atoms with Crippen molar-refractivity contribution in [3.63, 3.8) is 0 Å². The van der Waals surface area contributed by atoms with Crippen LogP contribution in [0.1, 0.15) is 42.5 Å². The molecule has 0 N–H and O–H groups in total. The predicted molar refractivity (Wildman–Crippen MR) is 86.2 cm³/mol. The number of rotatable bonds is 4. The number of furan rings is 1. The first-order valence-electron chi connectivity index (χ1n) is 8.26. The van der Waals surface area contributed by atoms with E-state index in [4.69, 9.17) is 9.15 Å². The fraction of sp³-hybridized carbons (Fsp3) is 0.421. The highest BCUT2D eigenvalue weighted by atomic mass is 16.5. The molecule has 4 nitrogen and oxygen atoms in total. The minimum absolute atomic E-state index is 0.0901. The number of likely N-dealkylation sites (tertiary alicyclic amines) is 1. The topological polar surface area (TPSA) is 42.7 Å². The molecule has 1 amide bonds. The molecule has 2 fully saturated rings. The van der Waals surface area contributed by atoms with E-state index in [1.165, 1.54) is 5.56 Å². The summed E-state index contributed by atoms with van der Waals surface area (Å²) in [5, 5.41) is 0. The van der Waals surface area contributed by atoms with Crippen molar-refractivity contribution in [1.82, 2.24) is 4.90 Å². The second-order valence-electron chi connectivity index (χ2n) is 6.43. The number of benzene rings is 1. The van der Waals surface area contributed by atoms with Crippen molar-refractivity contribution in [1.29, 1.82) is 0 Å². The molecule has 2 heterocycles. The molecule has 0 radical (unpaired) electrons. The quantitative estimate of drug-likeness (QED) is 0.863. The van der Waals surface area contributed by atoms with E-state index in [0.29, 0.717) is 0 Å². The SMILES string of the molecule is COc1cccc([C@@H]2CCCN2C(=O)[C@H]2C[C@H]2c2ccco2)c1. The zero-order valence-corrected chi connectivity index (χ0v) is 13.3. The zero-order valence-electron chi connectivity index (χ0n) is 13.3. The normalized spacial score (nSPS) is 26.3. The highest BCUT2D eigenvalue weighted by Crippen LogP contribution is 2.50. The van der Waals surface area contributed by atoms with Crippen molar-refractivity contribution in [3.8, 4) is 5.75 Å². The summed E-state index contributed by atoms with van der Waals surface area (Å²) in [6.07, 6.45) is 4.68. The van der Waals surface area contributed by atoms with Crippen LogP contribution in [0.4, 0.5) is 0 Å². The molecule has 1 saturated carbocycles. The standard InChI is InChI=1S/C19H21NO3/c1-22-14-6-2-5-13(11-14)17-7-3-9-20(17)19(21)16-12-15(16)18-8-4-10-23-18/h2,4-6,8,10-11,15-17H,3,7,9,12H2,1H3/t15-,16+,17+/m1/s1. The Bertz CT molecular complexity index is 694. The van der Waals surface area contributed by atoms with E-state index in [1.807, 2.05) is 30.3 Å². The third kappa shape index (κ3) is 2.62. The monoisotopic (exact) mass is 311 g/mol. The first kappa shape index (κ1) is 14.4. The Hall–Kier alpha value is -2.23. The number of ether oxygens (including phenoxy) is 1. The summed E-state index contributed by atoms with van der Waals surface area (Å²) < 4.78 is 10.8. The molecule has 1 saturated heterocycles. The number of hydrogen-bond donors (Lipinski definition) is 0. The fourth-order valence-electron chi connectivity index (χ4n) is 3.72. The molecule has 0 spiro atoms. The molecule has 1 aliphatic heterocycles. The lowest BCUT2D eigenvalue weighted by Gasteiger charge is -2.25. The summed E-state index contributed by atoms with van der Waals surface area (Å²) in [6, 6.07) is 12.1. The zero-order chi connectivity index (χ0) is 15.8. The summed E-state index contributed by atoms with van der Waals surface area (Å²) in [5.74, 6) is 2.43. The Balaban J connectivity index is 1.50. The Morgan fingerprint density at radius 1 is 1.30 bits per heavy atom. The summed E-state index contributed by atoms with van der Waals surface area (Å²) in [4.78, 5) is 15.0. The number of hydrogen-bond acceptors (Lipinski definition) is 3. The maximum Gasteiger partial charge on any atom is 0.226 e. The highest BCUT2D eigenvalue weighted by molar-refractivity contribution is 5.83. The van der Waals surface area contributed by atoms with Crippen molar-refractivity contribution < 1.29 is 13.9 Å². The lowest BCUT2D eigenvalue weighted by Crippen LogP contribution is -2.32. The molecule has 1 aliphatic carbocycles. The summed E-state index contributed by atoms with van der Waals surface area (Å²) in [6.45, 7) is 0.849. The van der Waals surface area contributed by atoms with Crippen LogP contribution in [0.3, 0.4) is 0 Å². The average Bonchev–Trinajstić information content (AvgIpc) is 3.02. The molecule has 120 valence electrons. The van der Waals surface area contributed by atoms with E-state index >= 15 is 0 Å². The number of amides is 1. The number of carbonyl (C=O) groups excluding carboxylic acids is 1. The van der Waals surface area contributed by atoms with Gasteiger partial charge in [-0.3, -0.25) is 4.79 Å². The minimum atomic E-state index is 0.0901. The Labute approximate surface area is 136 Å². The average molecular weight is 311 g/mol. The summed E-state index contributed by atoms with van der Waals surface area (Å²) in [7, 11) is 1.68. The number of methoxy groups -OCH3 is 1. The number of nitrogens with zero attached hydrogens (tertiary/aromatic N) is 1. The van der Waals surface area contributed by atoms with E-state index in [9.17, 15) is 4.79 Å². The van der Waals surface area contributed by atoms with Gasteiger partial charge in [0.25, 0.3) is 0 Å². The van der Waals surface area contributed by atoms with Gasteiger partial charge in [-0.2, -0.15) is 0 Å². The molecule has 3 atom stereocenters. The molecule has 4 heteroatoms. The van der Waals surface area contributed by atoms with Gasteiger partial charge in [0.15, 0.2) is 0 Å². The minimum Gasteiger partial charge on any atom is -0.497 e. The molecular formula is C19H21NO3. The van der Waals surface area contributed by atoms with Crippen LogP contribution in [-0.4, -0.2) is 24.5 Å². The van der Waals surface area contributed by atoms with E-state index < -0.39 is 0 Å². The summed E-state index contributed by atoms with van der Waals surface area (Å²) in [5.41, 5.74) is 1.17. The van der Waals surface area contributed by atoms with Gasteiger partial charge < -0.3 is 14.1 Å². The Morgan fingerprint density at radius 2 is 2.22 bits per heavy atom. The molecule has 2 aromatic rings. The fourth-order valence-corrected chi connectivity index (χ4v) is 3.72. The van der Waals surface area contributed by atoms with Gasteiger partial charge in [0.2, 0.25) is 5.91 Å². The largest absolute Gasteiger partial charge is 0.497 e. The van der Waals surface area contributed by atoms with Crippen molar-refractivity contribution in [2.45, 2.75) is 31.2 Å². The molecule has 23 heavy (non-hydrogen) atoms. The van der Waals surface area contributed by atoms with Gasteiger partial charge in [0.05, 0.1) is 19.4 Å². The van der Waals surface area contributed by atoms with Crippen LogP contribution in [0.15, 0.2) is 47.1 Å². The molecule has 1 aromatic carbocycles. The summed E-state index contributed by atoms with van der Waals surface area (Å²) >= 11 is 0. The van der Waals surface area contributed by atoms with E-state index in [-0.39, 0.29) is 23.8 Å². The van der Waals surface area contributed by atoms with Crippen LogP contribution in [0, 0.1) is 5.92 Å². The van der Waals surface area contributed by atoms with Gasteiger partial charge >= 0.3 is 0 Å². The van der Waals surface area contributed by atoms with Crippen LogP contribution in [-0.2, 0) is 4.79 Å². The Kier molecular flexibility index (Phi) is 3.60. The maximum atomic E-state index is 12.9. The van der Waals surface area contributed by atoms with E-state index in [0.717, 1.165) is 37.3 Å². The predicted octanol–water partition coefficient (Wildman–Crippen LogP) is 3.76. The van der Waals surface area contributed by atoms with Gasteiger partial charge in [-0.25, -0.2) is 0 Å². The second kappa shape index (κ2) is 5.76. The molecule has 1 aromatic heterocycles. The highest BCUT2D eigenvalue weighted by Gasteiger charge is 2.49. The van der Waals surface area contributed by atoms with Gasteiger partial charge in [-0.15, -0.1) is 0 Å². The van der Waals surface area contributed by atoms with Gasteiger partial charge in [0, 0.05) is 18.4 Å². The van der Waals surface area contributed by atoms with E-state index in [1.54, 1.807) is 13.4 Å². The van der Waals surface area contributed by atoms with Crippen molar-refractivity contribution in [2.75, 3.05) is 13.7 Å². The third-order valence-corrected chi connectivity index (χ3v) is 5.03. The first-order valence-corrected chi connectivity index (χ1v) is 8.26. The van der Waals surface area contributed by atoms with Gasteiger partial charge in [-0.05, 0) is 49.1 Å². The van der Waals surface area contributed by atoms with Crippen LogP contribution >= 0.6 is 0 Å². The van der Waals surface area contributed by atoms with Crippen LogP contribution in [0.25, 0.3) is 0 Å². The lowest BCUT2D eigenvalue weighted by molar-refractivity contribution is -0.133. The Morgan fingerprint density at radius 3 is 3.00 bits per heavy atom. The molecule has 2 aliphatic rings. The maximum absolute atomic E-state index is 12.9. The van der Waals surface area contributed by atoms with Crippen molar-refractivity contribution in [3.05, 3.63) is 54.0 Å². The smallest absolute Gasteiger partial charge is 0.226 e. The molecule has 0 unspecified atom stereocenters. The van der Waals surface area contributed by atoms with Crippen LogP contribution in [0.2, 0.25) is 0 Å². The van der Waals surface area contributed by atoms with Gasteiger partial charge in [0.1, 0.15) is 11.5 Å². The van der Waals surface area contributed by atoms with Crippen LogP contribution < -0.4 is 4.74 Å². The molecule has 0 bridgehead atoms. The number of carbonyl (C=O) groups is 1. The molecular weight excluding hydrogens is 290 g/mol. The van der Waals surface area contributed by atoms with Gasteiger partial charge in [-0.1, -0.05) is 12.1 Å². The van der Waals surface area contributed by atoms with Crippen molar-refractivity contribution >= 4 is 5.91 Å². The van der Waals surface area contributed by atoms with Crippen LogP contribution in [0.5, 0.6) is 5.75 Å².